The number of anilines is 1. The molecule has 11 heteroatoms. The van der Waals surface area contributed by atoms with Crippen molar-refractivity contribution in [3.8, 4) is 0 Å². The van der Waals surface area contributed by atoms with Crippen LogP contribution in [0.1, 0.15) is 60.9 Å². The second-order valence-electron chi connectivity index (χ2n) is 8.02. The number of aromatic nitrogens is 3. The van der Waals surface area contributed by atoms with Crippen LogP contribution in [-0.2, 0) is 15.9 Å². The number of carbonyl (C=O) groups excluding carboxylic acids is 2. The van der Waals surface area contributed by atoms with Crippen molar-refractivity contribution in [1.29, 1.82) is 0 Å². The van der Waals surface area contributed by atoms with Gasteiger partial charge in [-0.2, -0.15) is 4.98 Å². The van der Waals surface area contributed by atoms with Gasteiger partial charge in [-0.1, -0.05) is 32.4 Å². The lowest BCUT2D eigenvalue weighted by Crippen LogP contribution is -2.55. The van der Waals surface area contributed by atoms with Crippen molar-refractivity contribution in [2.24, 2.45) is 5.92 Å². The van der Waals surface area contributed by atoms with Crippen LogP contribution in [0.4, 0.5) is 6.01 Å². The first-order valence-electron chi connectivity index (χ1n) is 10.9. The number of oxazole rings is 1. The van der Waals surface area contributed by atoms with Gasteiger partial charge in [0, 0.05) is 13.2 Å². The number of H-pyrrole nitrogens is 1. The predicted octanol–water partition coefficient (Wildman–Crippen LogP) is 2.84. The van der Waals surface area contributed by atoms with Crippen LogP contribution in [0.3, 0.4) is 0 Å². The Morgan fingerprint density at radius 3 is 2.81 bits per heavy atom. The highest BCUT2D eigenvalue weighted by molar-refractivity contribution is 6.30. The number of rotatable bonds is 9. The molecule has 32 heavy (non-hydrogen) atoms. The van der Waals surface area contributed by atoms with Gasteiger partial charge in [0.25, 0.3) is 11.9 Å². The topological polar surface area (TPSA) is 123 Å². The van der Waals surface area contributed by atoms with E-state index in [2.05, 4.69) is 34.1 Å². The molecule has 1 saturated heterocycles. The van der Waals surface area contributed by atoms with Crippen LogP contribution >= 0.6 is 11.6 Å². The number of nitrogens with zero attached hydrogens (tertiary/aromatic N) is 3. The lowest BCUT2D eigenvalue weighted by atomic mass is 10.0. The molecule has 0 saturated carbocycles. The normalized spacial score (nSPS) is 18.8. The summed E-state index contributed by atoms with van der Waals surface area (Å²) in [6.07, 6.45) is 2.24. The van der Waals surface area contributed by atoms with Crippen molar-refractivity contribution in [3.05, 3.63) is 28.6 Å². The molecule has 0 aromatic carbocycles. The maximum Gasteiger partial charge on any atom is 0.360 e. The summed E-state index contributed by atoms with van der Waals surface area (Å²) < 4.78 is 16.6. The molecule has 2 aromatic heterocycles. The zero-order valence-corrected chi connectivity index (χ0v) is 19.6. The molecule has 0 bridgehead atoms. The van der Waals surface area contributed by atoms with Gasteiger partial charge in [0.1, 0.15) is 6.26 Å². The number of hydrogen-bond acceptors (Lipinski definition) is 8. The molecule has 2 atom stereocenters. The maximum absolute atomic E-state index is 12.8. The number of ether oxygens (including phenoxy) is 2. The van der Waals surface area contributed by atoms with Gasteiger partial charge >= 0.3 is 5.97 Å². The van der Waals surface area contributed by atoms with E-state index >= 15 is 0 Å². The molecule has 176 valence electrons. The molecule has 1 fully saturated rings. The number of piperidine rings is 1. The van der Waals surface area contributed by atoms with Gasteiger partial charge in [-0.3, -0.25) is 4.79 Å². The third kappa shape index (κ3) is 5.80. The number of nitrogens with one attached hydrogen (secondary N) is 2. The number of aryl methyl sites for hydroxylation is 1. The molecule has 0 aliphatic carbocycles. The Bertz CT molecular complexity index is 928. The van der Waals surface area contributed by atoms with E-state index in [4.69, 9.17) is 25.5 Å². The molecule has 3 heterocycles. The molecule has 2 N–H and O–H groups in total. The Morgan fingerprint density at radius 2 is 2.16 bits per heavy atom. The SMILES string of the molecule is CCOC(=O)c1coc(N2CC[C@@H](NC(=O)c3nc(Cl)c(CC)[nH]3)[C@@H](OCC(C)C)C2)n1. The summed E-state index contributed by atoms with van der Waals surface area (Å²) in [7, 11) is 0. The first kappa shape index (κ1) is 24.1. The largest absolute Gasteiger partial charge is 0.461 e. The van der Waals surface area contributed by atoms with E-state index in [-0.39, 0.29) is 36.2 Å². The highest BCUT2D eigenvalue weighted by Gasteiger charge is 2.34. The zero-order chi connectivity index (χ0) is 23.3. The minimum absolute atomic E-state index is 0.123. The summed E-state index contributed by atoms with van der Waals surface area (Å²) in [5, 5.41) is 3.32. The van der Waals surface area contributed by atoms with Gasteiger partial charge in [-0.25, -0.2) is 9.78 Å². The Hall–Kier alpha value is -2.59. The second kappa shape index (κ2) is 10.8. The van der Waals surface area contributed by atoms with Crippen LogP contribution in [0.2, 0.25) is 5.15 Å². The minimum Gasteiger partial charge on any atom is -0.461 e. The van der Waals surface area contributed by atoms with Crippen molar-refractivity contribution in [2.75, 3.05) is 31.2 Å². The van der Waals surface area contributed by atoms with Crippen LogP contribution in [0.25, 0.3) is 0 Å². The van der Waals surface area contributed by atoms with E-state index in [9.17, 15) is 9.59 Å². The van der Waals surface area contributed by atoms with E-state index < -0.39 is 5.97 Å². The first-order chi connectivity index (χ1) is 15.3. The summed E-state index contributed by atoms with van der Waals surface area (Å²) in [4.78, 5) is 37.9. The molecule has 10 nitrogen and oxygen atoms in total. The highest BCUT2D eigenvalue weighted by atomic mass is 35.5. The number of esters is 1. The summed E-state index contributed by atoms with van der Waals surface area (Å²) in [5.41, 5.74) is 0.846. The molecule has 2 aromatic rings. The summed E-state index contributed by atoms with van der Waals surface area (Å²) >= 11 is 6.07. The fourth-order valence-corrected chi connectivity index (χ4v) is 3.68. The number of hydrogen-bond donors (Lipinski definition) is 2. The van der Waals surface area contributed by atoms with Gasteiger partial charge < -0.3 is 29.1 Å². The van der Waals surface area contributed by atoms with E-state index in [1.807, 2.05) is 11.8 Å². The number of halogens is 1. The average molecular weight is 468 g/mol. The molecule has 1 amide bonds. The fraction of sp³-hybridized carbons (Fsp3) is 0.619. The first-order valence-corrected chi connectivity index (χ1v) is 11.2. The average Bonchev–Trinajstić information content (AvgIpc) is 3.40. The molecular formula is C21H30ClN5O5. The number of amides is 1. The number of carbonyl (C=O) groups is 2. The lowest BCUT2D eigenvalue weighted by molar-refractivity contribution is 0.00630. The quantitative estimate of drug-likeness (QED) is 0.540. The van der Waals surface area contributed by atoms with Crippen LogP contribution < -0.4 is 10.2 Å². The molecule has 1 aliphatic rings. The molecule has 0 spiro atoms. The van der Waals surface area contributed by atoms with E-state index in [0.717, 1.165) is 5.69 Å². The third-order valence-corrected chi connectivity index (χ3v) is 5.38. The second-order valence-corrected chi connectivity index (χ2v) is 8.38. The van der Waals surface area contributed by atoms with Crippen molar-refractivity contribution in [2.45, 2.75) is 52.7 Å². The lowest BCUT2D eigenvalue weighted by Gasteiger charge is -2.38. The Morgan fingerprint density at radius 1 is 1.38 bits per heavy atom. The summed E-state index contributed by atoms with van der Waals surface area (Å²) in [6.45, 7) is 9.59. The maximum atomic E-state index is 12.8. The van der Waals surface area contributed by atoms with Crippen molar-refractivity contribution in [1.82, 2.24) is 20.3 Å². The summed E-state index contributed by atoms with van der Waals surface area (Å²) in [5.74, 6) is -0.344. The monoisotopic (exact) mass is 467 g/mol. The van der Waals surface area contributed by atoms with Crippen LogP contribution in [0.5, 0.6) is 0 Å². The van der Waals surface area contributed by atoms with Crippen LogP contribution in [-0.4, -0.2) is 65.3 Å². The fourth-order valence-electron chi connectivity index (χ4n) is 3.42. The van der Waals surface area contributed by atoms with Gasteiger partial charge in [0.2, 0.25) is 0 Å². The van der Waals surface area contributed by atoms with Gasteiger partial charge in [-0.15, -0.1) is 0 Å². The summed E-state index contributed by atoms with van der Waals surface area (Å²) in [6, 6.07) is 0.0901. The Labute approximate surface area is 192 Å². The van der Waals surface area contributed by atoms with Crippen molar-refractivity contribution < 1.29 is 23.5 Å². The van der Waals surface area contributed by atoms with Crippen LogP contribution in [0, 0.1) is 5.92 Å². The van der Waals surface area contributed by atoms with E-state index in [0.29, 0.717) is 49.6 Å². The third-order valence-electron chi connectivity index (χ3n) is 5.06. The Kier molecular flexibility index (Phi) is 8.14. The molecule has 3 rings (SSSR count). The predicted molar refractivity (Wildman–Crippen MR) is 118 cm³/mol. The molecule has 1 aliphatic heterocycles. The zero-order valence-electron chi connectivity index (χ0n) is 18.8. The van der Waals surface area contributed by atoms with Crippen molar-refractivity contribution in [3.63, 3.8) is 0 Å². The number of imidazole rings is 1. The van der Waals surface area contributed by atoms with Gasteiger partial charge in [0.05, 0.1) is 31.0 Å². The molecule has 0 unspecified atom stereocenters. The van der Waals surface area contributed by atoms with Gasteiger partial charge in [-0.05, 0) is 25.7 Å². The van der Waals surface area contributed by atoms with Gasteiger partial charge in [0.15, 0.2) is 16.7 Å². The molecule has 0 radical (unpaired) electrons. The van der Waals surface area contributed by atoms with Crippen molar-refractivity contribution >= 4 is 29.5 Å². The Balaban J connectivity index is 1.69. The highest BCUT2D eigenvalue weighted by Crippen LogP contribution is 2.23. The minimum atomic E-state index is -0.527. The number of aromatic amines is 1. The van der Waals surface area contributed by atoms with E-state index in [1.54, 1.807) is 6.92 Å². The smallest absolute Gasteiger partial charge is 0.360 e. The molecular weight excluding hydrogens is 438 g/mol. The van der Waals surface area contributed by atoms with Crippen LogP contribution in [0.15, 0.2) is 10.7 Å². The van der Waals surface area contributed by atoms with E-state index in [1.165, 1.54) is 6.26 Å². The standard InChI is InChI=1S/C21H30ClN5O5/c1-5-13-17(22)26-18(23-13)19(28)24-14-7-8-27(9-16(14)31-10-12(3)4)21-25-15(11-32-21)20(29)30-6-2/h11-12,14,16H,5-10H2,1-4H3,(H,23,26)(H,24,28)/t14-,16+/m1/s1.